The predicted octanol–water partition coefficient (Wildman–Crippen LogP) is 2.04. The number of benzene rings is 1. The van der Waals surface area contributed by atoms with E-state index in [1.54, 1.807) is 25.3 Å². The summed E-state index contributed by atoms with van der Waals surface area (Å²) in [5, 5.41) is 3.97. The summed E-state index contributed by atoms with van der Waals surface area (Å²) in [6.07, 6.45) is 2.28. The van der Waals surface area contributed by atoms with Gasteiger partial charge in [-0.05, 0) is 18.6 Å². The summed E-state index contributed by atoms with van der Waals surface area (Å²) >= 11 is 0. The maximum Gasteiger partial charge on any atom is 0.332 e. The fraction of sp³-hybridized carbons (Fsp3) is 0.286. The summed E-state index contributed by atoms with van der Waals surface area (Å²) in [6.45, 7) is 5.93. The van der Waals surface area contributed by atoms with Crippen LogP contribution in [0.25, 0.3) is 0 Å². The highest BCUT2D eigenvalue weighted by atomic mass is 16.5. The van der Waals surface area contributed by atoms with Gasteiger partial charge >= 0.3 is 6.03 Å². The van der Waals surface area contributed by atoms with E-state index in [2.05, 4.69) is 17.1 Å². The van der Waals surface area contributed by atoms with E-state index in [1.165, 1.54) is 0 Å². The molecule has 0 bridgehead atoms. The van der Waals surface area contributed by atoms with Gasteiger partial charge < -0.3 is 15.2 Å². The largest absolute Gasteiger partial charge is 0.496 e. The van der Waals surface area contributed by atoms with Crippen molar-refractivity contribution in [3.8, 4) is 11.5 Å². The number of carbonyl (C=O) groups excluding carboxylic acids is 1. The highest BCUT2D eigenvalue weighted by Crippen LogP contribution is 2.26. The van der Waals surface area contributed by atoms with E-state index in [0.29, 0.717) is 30.2 Å². The number of rotatable bonds is 7. The van der Waals surface area contributed by atoms with Gasteiger partial charge in [0, 0.05) is 11.6 Å². The van der Waals surface area contributed by atoms with Gasteiger partial charge in [0.05, 0.1) is 12.8 Å². The first-order valence-corrected chi connectivity index (χ1v) is 6.16. The van der Waals surface area contributed by atoms with E-state index in [-0.39, 0.29) is 0 Å². The van der Waals surface area contributed by atoms with Crippen molar-refractivity contribution in [2.24, 2.45) is 10.8 Å². The van der Waals surface area contributed by atoms with Gasteiger partial charge in [-0.3, -0.25) is 0 Å². The molecule has 0 aromatic heterocycles. The van der Waals surface area contributed by atoms with Gasteiger partial charge in [0.2, 0.25) is 0 Å². The third-order valence-corrected chi connectivity index (χ3v) is 2.49. The van der Waals surface area contributed by atoms with Crippen LogP contribution >= 0.6 is 0 Å². The number of hydrogen-bond donors (Lipinski definition) is 2. The molecule has 0 saturated heterocycles. The van der Waals surface area contributed by atoms with Crippen LogP contribution in [-0.2, 0) is 0 Å². The summed E-state index contributed by atoms with van der Waals surface area (Å²) in [6, 6.07) is 4.67. The second-order valence-electron chi connectivity index (χ2n) is 3.85. The van der Waals surface area contributed by atoms with E-state index in [4.69, 9.17) is 15.2 Å². The van der Waals surface area contributed by atoms with Crippen LogP contribution in [-0.4, -0.2) is 25.5 Å². The molecule has 0 aliphatic carbocycles. The van der Waals surface area contributed by atoms with Crippen LogP contribution in [0, 0.1) is 0 Å². The normalized spacial score (nSPS) is 10.8. The van der Waals surface area contributed by atoms with E-state index >= 15 is 0 Å². The molecule has 6 heteroatoms. The maximum atomic E-state index is 10.7. The molecule has 108 valence electrons. The van der Waals surface area contributed by atoms with E-state index in [0.717, 1.165) is 5.56 Å². The van der Waals surface area contributed by atoms with Gasteiger partial charge in [-0.25, -0.2) is 10.2 Å². The molecule has 0 atom stereocenters. The van der Waals surface area contributed by atoms with Crippen LogP contribution in [0.15, 0.2) is 36.0 Å². The average molecular weight is 277 g/mol. The molecule has 3 N–H and O–H groups in total. The molecule has 0 saturated carbocycles. The SMILES string of the molecule is C=CCOc1ccc(C(CC)=NNC(N)=O)c(OC)c1. The molecule has 6 nitrogen and oxygen atoms in total. The zero-order chi connectivity index (χ0) is 15.0. The number of amides is 2. The zero-order valence-corrected chi connectivity index (χ0v) is 11.7. The van der Waals surface area contributed by atoms with Crippen LogP contribution < -0.4 is 20.6 Å². The molecule has 0 fully saturated rings. The topological polar surface area (TPSA) is 85.9 Å². The number of nitrogens with zero attached hydrogens (tertiary/aromatic N) is 1. The number of nitrogens with one attached hydrogen (secondary N) is 1. The second kappa shape index (κ2) is 7.83. The van der Waals surface area contributed by atoms with Crippen molar-refractivity contribution in [3.05, 3.63) is 36.4 Å². The lowest BCUT2D eigenvalue weighted by Gasteiger charge is -2.12. The van der Waals surface area contributed by atoms with Gasteiger partial charge in [-0.15, -0.1) is 0 Å². The third kappa shape index (κ3) is 4.31. The molecule has 0 radical (unpaired) electrons. The minimum Gasteiger partial charge on any atom is -0.496 e. The van der Waals surface area contributed by atoms with Crippen molar-refractivity contribution in [1.29, 1.82) is 0 Å². The lowest BCUT2D eigenvalue weighted by Crippen LogP contribution is -2.26. The molecule has 1 aromatic carbocycles. The Labute approximate surface area is 118 Å². The van der Waals surface area contributed by atoms with Crippen LogP contribution in [0.4, 0.5) is 4.79 Å². The number of hydrazone groups is 1. The number of carbonyl (C=O) groups is 1. The van der Waals surface area contributed by atoms with Crippen LogP contribution in [0.2, 0.25) is 0 Å². The minimum absolute atomic E-state index is 0.417. The Kier molecular flexibility index (Phi) is 6.09. The summed E-state index contributed by atoms with van der Waals surface area (Å²) in [5.74, 6) is 1.28. The Morgan fingerprint density at radius 3 is 2.85 bits per heavy atom. The van der Waals surface area contributed by atoms with Gasteiger partial charge in [-0.2, -0.15) is 5.10 Å². The van der Waals surface area contributed by atoms with E-state index in [1.807, 2.05) is 13.0 Å². The molecule has 0 heterocycles. The first-order valence-electron chi connectivity index (χ1n) is 6.16. The van der Waals surface area contributed by atoms with Crippen molar-refractivity contribution < 1.29 is 14.3 Å². The molecule has 0 aliphatic rings. The van der Waals surface area contributed by atoms with Crippen molar-refractivity contribution >= 4 is 11.7 Å². The monoisotopic (exact) mass is 277 g/mol. The summed E-state index contributed by atoms with van der Waals surface area (Å²) < 4.78 is 10.8. The van der Waals surface area contributed by atoms with Crippen molar-refractivity contribution in [3.63, 3.8) is 0 Å². The van der Waals surface area contributed by atoms with Gasteiger partial charge in [0.15, 0.2) is 0 Å². The quantitative estimate of drug-likeness (QED) is 0.454. The fourth-order valence-electron chi connectivity index (χ4n) is 1.61. The van der Waals surface area contributed by atoms with Crippen LogP contribution in [0.3, 0.4) is 0 Å². The standard InChI is InChI=1S/C14H19N3O3/c1-4-8-20-10-6-7-11(13(9-10)19-3)12(5-2)16-17-14(15)18/h4,6-7,9H,1,5,8H2,2-3H3,(H3,15,17,18). The third-order valence-electron chi connectivity index (χ3n) is 2.49. The number of hydrogen-bond acceptors (Lipinski definition) is 4. The number of methoxy groups -OCH3 is 1. The van der Waals surface area contributed by atoms with Crippen molar-refractivity contribution in [2.75, 3.05) is 13.7 Å². The second-order valence-corrected chi connectivity index (χ2v) is 3.85. The lowest BCUT2D eigenvalue weighted by molar-refractivity contribution is 0.249. The molecule has 0 aliphatic heterocycles. The van der Waals surface area contributed by atoms with Gasteiger partial charge in [0.1, 0.15) is 18.1 Å². The molecule has 1 aromatic rings. The minimum atomic E-state index is -0.708. The Morgan fingerprint density at radius 1 is 1.55 bits per heavy atom. The molecule has 0 unspecified atom stereocenters. The summed E-state index contributed by atoms with van der Waals surface area (Å²) in [4.78, 5) is 10.7. The van der Waals surface area contributed by atoms with Gasteiger partial charge in [-0.1, -0.05) is 19.6 Å². The number of ether oxygens (including phenoxy) is 2. The molecular weight excluding hydrogens is 258 g/mol. The average Bonchev–Trinajstić information content (AvgIpc) is 2.46. The Hall–Kier alpha value is -2.50. The smallest absolute Gasteiger partial charge is 0.332 e. The van der Waals surface area contributed by atoms with Crippen molar-refractivity contribution in [1.82, 2.24) is 5.43 Å². The lowest BCUT2D eigenvalue weighted by atomic mass is 10.1. The zero-order valence-electron chi connectivity index (χ0n) is 11.7. The Balaban J connectivity index is 3.06. The maximum absolute atomic E-state index is 10.7. The first kappa shape index (κ1) is 15.6. The molecule has 2 amide bonds. The predicted molar refractivity (Wildman–Crippen MR) is 78.2 cm³/mol. The van der Waals surface area contributed by atoms with Gasteiger partial charge in [0.25, 0.3) is 0 Å². The highest BCUT2D eigenvalue weighted by Gasteiger charge is 2.10. The van der Waals surface area contributed by atoms with Crippen LogP contribution in [0.1, 0.15) is 18.9 Å². The highest BCUT2D eigenvalue weighted by molar-refractivity contribution is 6.03. The fourth-order valence-corrected chi connectivity index (χ4v) is 1.61. The van der Waals surface area contributed by atoms with E-state index < -0.39 is 6.03 Å². The summed E-state index contributed by atoms with van der Waals surface area (Å²) in [5.41, 5.74) is 8.66. The first-order chi connectivity index (χ1) is 9.62. The molecular formula is C14H19N3O3. The molecule has 1 rings (SSSR count). The number of nitrogens with two attached hydrogens (primary N) is 1. The molecule has 20 heavy (non-hydrogen) atoms. The summed E-state index contributed by atoms with van der Waals surface area (Å²) in [7, 11) is 1.56. The van der Waals surface area contributed by atoms with Crippen LogP contribution in [0.5, 0.6) is 11.5 Å². The number of primary amides is 1. The number of urea groups is 1. The van der Waals surface area contributed by atoms with Crippen molar-refractivity contribution in [2.45, 2.75) is 13.3 Å². The molecule has 0 spiro atoms. The Bertz CT molecular complexity index is 512. The van der Waals surface area contributed by atoms with E-state index in [9.17, 15) is 4.79 Å². The Morgan fingerprint density at radius 2 is 2.30 bits per heavy atom.